The van der Waals surface area contributed by atoms with Crippen LogP contribution in [-0.4, -0.2) is 56.9 Å². The molecule has 2 N–H and O–H groups in total. The van der Waals surface area contributed by atoms with E-state index in [1.165, 1.54) is 17.7 Å². The molecule has 0 unspecified atom stereocenters. The molecule has 162 valence electrons. The zero-order chi connectivity index (χ0) is 21.0. The fourth-order valence-electron chi connectivity index (χ4n) is 4.64. The van der Waals surface area contributed by atoms with E-state index in [2.05, 4.69) is 19.2 Å². The standard InChI is InChI=1S/C22H35N3O3S/c1-17-8-7-11-21(18(17)2)23-22(26)19(3)24-12-14-25(15-13-24)29(27,28)16-20-9-5-4-6-10-20/h4-6,9-10,17-19,21H,7-8,11-16H2,1-3H3,(H,23,26)/p+1/t17-,18-,19-,21+/m1/s1. The van der Waals surface area contributed by atoms with Crippen LogP contribution in [-0.2, 0) is 20.6 Å². The molecule has 1 heterocycles. The summed E-state index contributed by atoms with van der Waals surface area (Å²) in [5.41, 5.74) is 0.811. The molecule has 2 fully saturated rings. The second-order valence-electron chi connectivity index (χ2n) is 8.90. The molecule has 1 aliphatic carbocycles. The van der Waals surface area contributed by atoms with E-state index in [1.807, 2.05) is 37.3 Å². The van der Waals surface area contributed by atoms with Gasteiger partial charge in [-0.15, -0.1) is 0 Å². The first-order valence-electron chi connectivity index (χ1n) is 10.9. The van der Waals surface area contributed by atoms with Crippen LogP contribution in [0.25, 0.3) is 0 Å². The number of quaternary nitrogens is 1. The van der Waals surface area contributed by atoms with Crippen LogP contribution in [0.15, 0.2) is 30.3 Å². The first-order valence-corrected chi connectivity index (χ1v) is 12.6. The maximum absolute atomic E-state index is 12.8. The van der Waals surface area contributed by atoms with Crippen LogP contribution < -0.4 is 10.2 Å². The molecule has 1 aliphatic heterocycles. The first-order chi connectivity index (χ1) is 13.8. The van der Waals surface area contributed by atoms with Crippen LogP contribution in [0, 0.1) is 11.8 Å². The number of carbonyl (C=O) groups excluding carboxylic acids is 1. The fourth-order valence-corrected chi connectivity index (χ4v) is 6.17. The third-order valence-electron chi connectivity index (χ3n) is 6.99. The topological polar surface area (TPSA) is 70.9 Å². The molecule has 1 amide bonds. The summed E-state index contributed by atoms with van der Waals surface area (Å²) in [5, 5.41) is 3.28. The Hall–Kier alpha value is -1.44. The molecule has 1 aromatic carbocycles. The molecule has 7 heteroatoms. The van der Waals surface area contributed by atoms with Crippen molar-refractivity contribution < 1.29 is 18.1 Å². The van der Waals surface area contributed by atoms with Crippen molar-refractivity contribution in [3.05, 3.63) is 35.9 Å². The first kappa shape index (κ1) is 22.2. The molecular formula is C22H36N3O3S+. The van der Waals surface area contributed by atoms with Crippen LogP contribution >= 0.6 is 0 Å². The smallest absolute Gasteiger partial charge is 0.278 e. The lowest BCUT2D eigenvalue weighted by Gasteiger charge is -2.37. The van der Waals surface area contributed by atoms with Gasteiger partial charge >= 0.3 is 0 Å². The van der Waals surface area contributed by atoms with Gasteiger partial charge < -0.3 is 10.2 Å². The van der Waals surface area contributed by atoms with Gasteiger partial charge in [0.05, 0.1) is 31.9 Å². The molecule has 2 aliphatic rings. The maximum Gasteiger partial charge on any atom is 0.278 e. The van der Waals surface area contributed by atoms with Gasteiger partial charge in [-0.3, -0.25) is 4.79 Å². The van der Waals surface area contributed by atoms with Crippen LogP contribution in [0.4, 0.5) is 0 Å². The highest BCUT2D eigenvalue weighted by Gasteiger charge is 2.35. The fraction of sp³-hybridized carbons (Fsp3) is 0.682. The van der Waals surface area contributed by atoms with Crippen molar-refractivity contribution in [2.24, 2.45) is 11.8 Å². The summed E-state index contributed by atoms with van der Waals surface area (Å²) >= 11 is 0. The Morgan fingerprint density at radius 2 is 1.83 bits per heavy atom. The van der Waals surface area contributed by atoms with Gasteiger partial charge in [-0.25, -0.2) is 8.42 Å². The summed E-state index contributed by atoms with van der Waals surface area (Å²) in [7, 11) is -3.32. The number of rotatable bonds is 6. The number of nitrogens with one attached hydrogen (secondary N) is 2. The van der Waals surface area contributed by atoms with Crippen molar-refractivity contribution in [1.29, 1.82) is 0 Å². The Kier molecular flexibility index (Phi) is 7.35. The predicted molar refractivity (Wildman–Crippen MR) is 115 cm³/mol. The highest BCUT2D eigenvalue weighted by atomic mass is 32.2. The number of hydrogen-bond acceptors (Lipinski definition) is 3. The van der Waals surface area contributed by atoms with E-state index >= 15 is 0 Å². The molecule has 4 atom stereocenters. The quantitative estimate of drug-likeness (QED) is 0.720. The number of benzene rings is 1. The lowest BCUT2D eigenvalue weighted by atomic mass is 9.78. The third kappa shape index (κ3) is 5.58. The van der Waals surface area contributed by atoms with Crippen molar-refractivity contribution >= 4 is 15.9 Å². The molecular weight excluding hydrogens is 386 g/mol. The van der Waals surface area contributed by atoms with Crippen molar-refractivity contribution in [3.8, 4) is 0 Å². The van der Waals surface area contributed by atoms with E-state index in [-0.39, 0.29) is 23.7 Å². The Morgan fingerprint density at radius 3 is 2.48 bits per heavy atom. The van der Waals surface area contributed by atoms with Gasteiger partial charge in [0.2, 0.25) is 10.0 Å². The van der Waals surface area contributed by atoms with Gasteiger partial charge in [-0.1, -0.05) is 57.0 Å². The molecule has 1 saturated heterocycles. The Bertz CT molecular complexity index is 776. The zero-order valence-electron chi connectivity index (χ0n) is 17.9. The van der Waals surface area contributed by atoms with Crippen LogP contribution in [0.3, 0.4) is 0 Å². The number of piperazine rings is 1. The SMILES string of the molecule is C[C@@H]1[C@H](C)CCC[C@@H]1NC(=O)[C@@H](C)[NH+]1CCN(S(=O)(=O)Cc2ccccc2)CC1. The lowest BCUT2D eigenvalue weighted by molar-refractivity contribution is -0.917. The average Bonchev–Trinajstić information content (AvgIpc) is 2.71. The van der Waals surface area contributed by atoms with Gasteiger partial charge in [0.1, 0.15) is 0 Å². The van der Waals surface area contributed by atoms with Crippen molar-refractivity contribution in [2.75, 3.05) is 26.2 Å². The summed E-state index contributed by atoms with van der Waals surface area (Å²) in [6.45, 7) is 8.75. The van der Waals surface area contributed by atoms with Gasteiger partial charge in [-0.2, -0.15) is 4.31 Å². The van der Waals surface area contributed by atoms with Crippen LogP contribution in [0.2, 0.25) is 0 Å². The van der Waals surface area contributed by atoms with Gasteiger partial charge in [0, 0.05) is 6.04 Å². The molecule has 6 nitrogen and oxygen atoms in total. The van der Waals surface area contributed by atoms with E-state index < -0.39 is 10.0 Å². The lowest BCUT2D eigenvalue weighted by Crippen LogP contribution is -3.19. The molecule has 0 spiro atoms. The third-order valence-corrected chi connectivity index (χ3v) is 8.84. The zero-order valence-corrected chi connectivity index (χ0v) is 18.7. The number of amides is 1. The van der Waals surface area contributed by atoms with Crippen molar-refractivity contribution in [1.82, 2.24) is 9.62 Å². The van der Waals surface area contributed by atoms with Gasteiger partial charge in [-0.05, 0) is 30.7 Å². The molecule has 1 saturated carbocycles. The Morgan fingerprint density at radius 1 is 1.17 bits per heavy atom. The van der Waals surface area contributed by atoms with Crippen LogP contribution in [0.1, 0.15) is 45.6 Å². The van der Waals surface area contributed by atoms with E-state index in [0.29, 0.717) is 38.0 Å². The predicted octanol–water partition coefficient (Wildman–Crippen LogP) is 1.05. The molecule has 0 aromatic heterocycles. The number of hydrogen-bond donors (Lipinski definition) is 2. The highest BCUT2D eigenvalue weighted by molar-refractivity contribution is 7.88. The van der Waals surface area contributed by atoms with Crippen molar-refractivity contribution in [2.45, 2.75) is 57.9 Å². The van der Waals surface area contributed by atoms with Crippen molar-refractivity contribution in [3.63, 3.8) is 0 Å². The maximum atomic E-state index is 12.8. The van der Waals surface area contributed by atoms with E-state index in [4.69, 9.17) is 0 Å². The summed E-state index contributed by atoms with van der Waals surface area (Å²) < 4.78 is 27.0. The van der Waals surface area contributed by atoms with Gasteiger partial charge in [0.15, 0.2) is 6.04 Å². The molecule has 0 radical (unpaired) electrons. The van der Waals surface area contributed by atoms with E-state index in [9.17, 15) is 13.2 Å². The molecule has 0 bridgehead atoms. The summed E-state index contributed by atoms with van der Waals surface area (Å²) in [6.07, 6.45) is 3.48. The molecule has 29 heavy (non-hydrogen) atoms. The van der Waals surface area contributed by atoms with Crippen LogP contribution in [0.5, 0.6) is 0 Å². The Labute approximate surface area is 175 Å². The molecule has 1 aromatic rings. The summed E-state index contributed by atoms with van der Waals surface area (Å²) in [4.78, 5) is 14.0. The second kappa shape index (κ2) is 9.58. The van der Waals surface area contributed by atoms with E-state index in [1.54, 1.807) is 4.31 Å². The summed E-state index contributed by atoms with van der Waals surface area (Å²) in [5.74, 6) is 1.30. The minimum atomic E-state index is -3.32. The monoisotopic (exact) mass is 422 g/mol. The largest absolute Gasteiger partial charge is 0.348 e. The minimum absolute atomic E-state index is 0.0387. The minimum Gasteiger partial charge on any atom is -0.348 e. The summed E-state index contributed by atoms with van der Waals surface area (Å²) in [6, 6.07) is 9.41. The van der Waals surface area contributed by atoms with Gasteiger partial charge in [0.25, 0.3) is 5.91 Å². The number of carbonyl (C=O) groups is 1. The number of sulfonamides is 1. The number of nitrogens with zero attached hydrogens (tertiary/aromatic N) is 1. The molecule has 3 rings (SSSR count). The Balaban J connectivity index is 1.51. The van der Waals surface area contributed by atoms with E-state index in [0.717, 1.165) is 12.0 Å². The second-order valence-corrected chi connectivity index (χ2v) is 10.9. The average molecular weight is 423 g/mol. The normalized spacial score (nSPS) is 28.0. The highest BCUT2D eigenvalue weighted by Crippen LogP contribution is 2.29.